The van der Waals surface area contributed by atoms with Crippen molar-refractivity contribution in [2.75, 3.05) is 49.2 Å². The molecular formula is C36H67N9O8S4. The number of amides is 8. The number of hydrogen-bond donors (Lipinski definition) is 13. The summed E-state index contributed by atoms with van der Waals surface area (Å²) >= 11 is 16.3. The average molecular weight is 882 g/mol. The molecule has 0 aromatic heterocycles. The highest BCUT2D eigenvalue weighted by Crippen LogP contribution is 2.09. The first-order valence-electron chi connectivity index (χ1n) is 19.8. The van der Waals surface area contributed by atoms with Crippen molar-refractivity contribution in [2.24, 2.45) is 11.5 Å². The SMILES string of the molecule is NCCCCC(NC(=O)C(CCCCNC(=O)C(CCCCNC(=O)CCS)NC(=O)CCS)NC(=O)C(CCCCNC(=O)CCS)NC(=O)CCS)C(N)=O. The molecule has 0 saturated heterocycles. The Kier molecular flexibility index (Phi) is 33.3. The summed E-state index contributed by atoms with van der Waals surface area (Å²) in [4.78, 5) is 101. The standard InChI is InChI=1S/C36H67N9O8S4/c37-17-5-1-9-25(33(38)50)44-36(53)28(45-35(52)27(43-32(49)16-24-57)11-3-7-19-40-30(47)14-22-55)12-4-8-20-41-34(51)26(42-31(48)15-23-56)10-2-6-18-39-29(46)13-21-54/h25-28,54-57H,1-24,37H2,(H2,38,50)(H,39,46)(H,40,47)(H,41,51)(H,42,48)(H,43,49)(H,44,53)(H,45,52). The van der Waals surface area contributed by atoms with E-state index in [4.69, 9.17) is 11.5 Å². The molecule has 57 heavy (non-hydrogen) atoms. The lowest BCUT2D eigenvalue weighted by Crippen LogP contribution is -2.56. The van der Waals surface area contributed by atoms with Crippen molar-refractivity contribution in [2.45, 2.75) is 127 Å². The largest absolute Gasteiger partial charge is 0.368 e. The molecule has 0 aromatic carbocycles. The summed E-state index contributed by atoms with van der Waals surface area (Å²) in [6, 6.07) is -3.90. The number of nitrogens with one attached hydrogen (secondary N) is 7. The zero-order valence-corrected chi connectivity index (χ0v) is 36.6. The Bertz CT molecular complexity index is 1240. The van der Waals surface area contributed by atoms with Crippen molar-refractivity contribution in [3.8, 4) is 0 Å². The Labute approximate surface area is 359 Å². The van der Waals surface area contributed by atoms with Gasteiger partial charge < -0.3 is 48.7 Å². The summed E-state index contributed by atoms with van der Waals surface area (Å²) in [5, 5.41) is 19.2. The minimum atomic E-state index is -1.11. The van der Waals surface area contributed by atoms with Crippen LogP contribution in [0, 0.1) is 0 Å². The summed E-state index contributed by atoms with van der Waals surface area (Å²) in [6.07, 6.45) is 5.87. The van der Waals surface area contributed by atoms with Crippen LogP contribution in [0.1, 0.15) is 103 Å². The van der Waals surface area contributed by atoms with Crippen LogP contribution in [0.4, 0.5) is 0 Å². The van der Waals surface area contributed by atoms with Gasteiger partial charge in [0.25, 0.3) is 0 Å². The molecule has 17 nitrogen and oxygen atoms in total. The van der Waals surface area contributed by atoms with Gasteiger partial charge in [-0.05, 0) is 107 Å². The number of rotatable bonds is 35. The first-order valence-corrected chi connectivity index (χ1v) is 22.3. The van der Waals surface area contributed by atoms with Crippen molar-refractivity contribution < 1.29 is 38.4 Å². The third kappa shape index (κ3) is 28.2. The first kappa shape index (κ1) is 54.1. The van der Waals surface area contributed by atoms with E-state index in [0.29, 0.717) is 101 Å². The maximum Gasteiger partial charge on any atom is 0.243 e. The van der Waals surface area contributed by atoms with Gasteiger partial charge in [0.2, 0.25) is 47.3 Å². The van der Waals surface area contributed by atoms with Gasteiger partial charge in [-0.3, -0.25) is 38.4 Å². The number of unbranched alkanes of at least 4 members (excludes halogenated alkanes) is 4. The Hall–Kier alpha value is -2.88. The highest BCUT2D eigenvalue weighted by Gasteiger charge is 2.29. The smallest absolute Gasteiger partial charge is 0.243 e. The molecule has 0 aromatic rings. The molecule has 0 aliphatic rings. The molecule has 0 spiro atoms. The summed E-state index contributed by atoms with van der Waals surface area (Å²) in [7, 11) is 0. The fourth-order valence-corrected chi connectivity index (χ4v) is 6.27. The molecule has 0 heterocycles. The lowest BCUT2D eigenvalue weighted by Gasteiger charge is -2.25. The molecule has 0 saturated carbocycles. The van der Waals surface area contributed by atoms with E-state index in [1.165, 1.54) is 0 Å². The highest BCUT2D eigenvalue weighted by atomic mass is 32.1. The number of thiol groups is 4. The second kappa shape index (κ2) is 35.1. The van der Waals surface area contributed by atoms with Crippen molar-refractivity contribution >= 4 is 97.8 Å². The number of carbonyl (C=O) groups excluding carboxylic acids is 8. The molecule has 8 amide bonds. The van der Waals surface area contributed by atoms with Crippen molar-refractivity contribution in [3.63, 3.8) is 0 Å². The van der Waals surface area contributed by atoms with Crippen LogP contribution in [0.5, 0.6) is 0 Å². The molecule has 0 aliphatic carbocycles. The second-order valence-electron chi connectivity index (χ2n) is 13.4. The van der Waals surface area contributed by atoms with Crippen molar-refractivity contribution in [1.82, 2.24) is 37.2 Å². The predicted octanol–water partition coefficient (Wildman–Crippen LogP) is -0.321. The molecule has 0 aliphatic heterocycles. The minimum Gasteiger partial charge on any atom is -0.368 e. The lowest BCUT2D eigenvalue weighted by molar-refractivity contribution is -0.133. The van der Waals surface area contributed by atoms with Gasteiger partial charge in [0.15, 0.2) is 0 Å². The quantitative estimate of drug-likeness (QED) is 0.0293. The molecule has 0 bridgehead atoms. The third-order valence-corrected chi connectivity index (χ3v) is 9.50. The maximum absolute atomic E-state index is 13.6. The van der Waals surface area contributed by atoms with E-state index in [1.807, 2.05) is 0 Å². The van der Waals surface area contributed by atoms with E-state index in [9.17, 15) is 38.4 Å². The van der Waals surface area contributed by atoms with Crippen LogP contribution in [-0.2, 0) is 38.4 Å². The zero-order valence-electron chi connectivity index (χ0n) is 33.0. The number of hydrogen-bond acceptors (Lipinski definition) is 13. The molecule has 0 fully saturated rings. The van der Waals surface area contributed by atoms with Gasteiger partial charge in [0, 0.05) is 45.3 Å². The first-order chi connectivity index (χ1) is 27.3. The molecule has 328 valence electrons. The Morgan fingerprint density at radius 2 is 0.737 bits per heavy atom. The van der Waals surface area contributed by atoms with E-state index in [-0.39, 0.29) is 74.5 Å². The molecule has 21 heteroatoms. The topological polar surface area (TPSA) is 273 Å². The van der Waals surface area contributed by atoms with E-state index >= 15 is 0 Å². The highest BCUT2D eigenvalue weighted by molar-refractivity contribution is 7.80. The average Bonchev–Trinajstić information content (AvgIpc) is 3.15. The number of carbonyl (C=O) groups is 8. The molecule has 11 N–H and O–H groups in total. The Morgan fingerprint density at radius 1 is 0.404 bits per heavy atom. The van der Waals surface area contributed by atoms with Gasteiger partial charge in [0.05, 0.1) is 0 Å². The minimum absolute atomic E-state index is 0.0695. The lowest BCUT2D eigenvalue weighted by atomic mass is 10.0. The summed E-state index contributed by atoms with van der Waals surface area (Å²) < 4.78 is 0. The molecule has 4 unspecified atom stereocenters. The Balaban J connectivity index is 5.68. The van der Waals surface area contributed by atoms with Crippen LogP contribution in [0.15, 0.2) is 0 Å². The van der Waals surface area contributed by atoms with Crippen LogP contribution < -0.4 is 48.7 Å². The van der Waals surface area contributed by atoms with E-state index in [1.54, 1.807) is 0 Å². The van der Waals surface area contributed by atoms with Gasteiger partial charge in [-0.2, -0.15) is 50.5 Å². The number of nitrogens with two attached hydrogens (primary N) is 2. The molecule has 0 rings (SSSR count). The van der Waals surface area contributed by atoms with Crippen LogP contribution in [0.25, 0.3) is 0 Å². The maximum atomic E-state index is 13.6. The monoisotopic (exact) mass is 881 g/mol. The van der Waals surface area contributed by atoms with Crippen molar-refractivity contribution in [1.29, 1.82) is 0 Å². The van der Waals surface area contributed by atoms with Crippen molar-refractivity contribution in [3.05, 3.63) is 0 Å². The summed E-state index contributed by atoms with van der Waals surface area (Å²) in [5.74, 6) is -1.87. The van der Waals surface area contributed by atoms with Crippen LogP contribution in [-0.4, -0.2) is 121 Å². The van der Waals surface area contributed by atoms with E-state index < -0.39 is 47.8 Å². The van der Waals surface area contributed by atoms with E-state index in [2.05, 4.69) is 87.7 Å². The third-order valence-electron chi connectivity index (χ3n) is 8.60. The van der Waals surface area contributed by atoms with Gasteiger partial charge >= 0.3 is 0 Å². The summed E-state index contributed by atoms with van der Waals surface area (Å²) in [6.45, 7) is 1.42. The van der Waals surface area contributed by atoms with Gasteiger partial charge in [-0.25, -0.2) is 0 Å². The van der Waals surface area contributed by atoms with Gasteiger partial charge in [-0.15, -0.1) is 0 Å². The van der Waals surface area contributed by atoms with Crippen LogP contribution >= 0.6 is 50.5 Å². The second-order valence-corrected chi connectivity index (χ2v) is 15.2. The van der Waals surface area contributed by atoms with Crippen LogP contribution in [0.2, 0.25) is 0 Å². The number of primary amides is 1. The summed E-state index contributed by atoms with van der Waals surface area (Å²) in [5.41, 5.74) is 11.2. The fourth-order valence-electron chi connectivity index (χ4n) is 5.46. The molecular weight excluding hydrogens is 815 g/mol. The Morgan fingerprint density at radius 3 is 1.14 bits per heavy atom. The molecule has 0 radical (unpaired) electrons. The predicted molar refractivity (Wildman–Crippen MR) is 234 cm³/mol. The van der Waals surface area contributed by atoms with Gasteiger partial charge in [0.1, 0.15) is 24.2 Å². The van der Waals surface area contributed by atoms with Crippen LogP contribution in [0.3, 0.4) is 0 Å². The van der Waals surface area contributed by atoms with Gasteiger partial charge in [-0.1, -0.05) is 0 Å². The normalized spacial score (nSPS) is 12.9. The van der Waals surface area contributed by atoms with E-state index in [0.717, 1.165) is 0 Å². The fraction of sp³-hybridized carbons (Fsp3) is 0.778. The zero-order chi connectivity index (χ0) is 42.8. The molecule has 4 atom stereocenters.